The number of likely N-dealkylation sites (tertiary alicyclic amines) is 1. The Balaban J connectivity index is 1.62. The van der Waals surface area contributed by atoms with E-state index in [4.69, 9.17) is 4.42 Å². The summed E-state index contributed by atoms with van der Waals surface area (Å²) in [6.07, 6.45) is 1.15. The van der Waals surface area contributed by atoms with Gasteiger partial charge in [-0.05, 0) is 44.2 Å². The second kappa shape index (κ2) is 8.38. The second-order valence-corrected chi connectivity index (χ2v) is 9.32. The molecule has 0 saturated carbocycles. The van der Waals surface area contributed by atoms with Gasteiger partial charge in [0, 0.05) is 29.5 Å². The monoisotopic (exact) mass is 388 g/mol. The number of aryl methyl sites for hydroxylation is 2. The highest BCUT2D eigenvalue weighted by Crippen LogP contribution is 2.24. The van der Waals surface area contributed by atoms with Gasteiger partial charge in [0.25, 0.3) is 0 Å². The molecule has 2 aromatic rings. The first-order valence-corrected chi connectivity index (χ1v) is 11.0. The van der Waals surface area contributed by atoms with E-state index in [-0.39, 0.29) is 17.4 Å². The summed E-state index contributed by atoms with van der Waals surface area (Å²) in [5.41, 5.74) is 2.73. The molecule has 3 rings (SSSR count). The Morgan fingerprint density at radius 3 is 2.44 bits per heavy atom. The fourth-order valence-corrected chi connectivity index (χ4v) is 4.81. The van der Waals surface area contributed by atoms with E-state index in [1.54, 1.807) is 0 Å². The quantitative estimate of drug-likeness (QED) is 0.783. The third-order valence-corrected chi connectivity index (χ3v) is 6.16. The standard InChI is InChI=1S/C21H28N2O3S/c1-14-5-7-18(8-6-14)21-22-19(17(4)26-21)12-27(25)13-20(24)23-10-15(2)9-16(3)11-23/h5-8,15-16H,9-13H2,1-4H3/t15-,16+,27-/m0/s1. The van der Waals surface area contributed by atoms with Gasteiger partial charge in [-0.15, -0.1) is 0 Å². The topological polar surface area (TPSA) is 63.4 Å². The van der Waals surface area contributed by atoms with Crippen LogP contribution in [-0.4, -0.2) is 38.8 Å². The van der Waals surface area contributed by atoms with Crippen molar-refractivity contribution in [1.29, 1.82) is 0 Å². The Kier molecular flexibility index (Phi) is 6.15. The fraction of sp³-hybridized carbons (Fsp3) is 0.524. The zero-order chi connectivity index (χ0) is 19.6. The van der Waals surface area contributed by atoms with Crippen molar-refractivity contribution in [2.24, 2.45) is 11.8 Å². The molecule has 1 aromatic heterocycles. The number of carbonyl (C=O) groups is 1. The van der Waals surface area contributed by atoms with Crippen LogP contribution in [0, 0.1) is 25.7 Å². The lowest BCUT2D eigenvalue weighted by molar-refractivity contribution is -0.131. The summed E-state index contributed by atoms with van der Waals surface area (Å²) in [4.78, 5) is 18.9. The van der Waals surface area contributed by atoms with Crippen LogP contribution >= 0.6 is 0 Å². The number of benzene rings is 1. The third-order valence-electron chi connectivity index (χ3n) is 4.99. The highest BCUT2D eigenvalue weighted by molar-refractivity contribution is 7.84. The maximum Gasteiger partial charge on any atom is 0.235 e. The molecule has 0 radical (unpaired) electrons. The first kappa shape index (κ1) is 19.8. The number of piperidine rings is 1. The molecule has 0 unspecified atom stereocenters. The molecule has 1 aliphatic heterocycles. The molecule has 146 valence electrons. The van der Waals surface area contributed by atoms with Crippen LogP contribution in [0.5, 0.6) is 0 Å². The van der Waals surface area contributed by atoms with Crippen LogP contribution in [0.4, 0.5) is 0 Å². The predicted octanol–water partition coefficient (Wildman–Crippen LogP) is 3.71. The average Bonchev–Trinajstić information content (AvgIpc) is 2.95. The number of rotatable bonds is 5. The molecule has 27 heavy (non-hydrogen) atoms. The van der Waals surface area contributed by atoms with Gasteiger partial charge in [-0.3, -0.25) is 9.00 Å². The highest BCUT2D eigenvalue weighted by atomic mass is 32.2. The summed E-state index contributed by atoms with van der Waals surface area (Å²) >= 11 is 0. The molecule has 6 heteroatoms. The number of nitrogens with zero attached hydrogens (tertiary/aromatic N) is 2. The normalized spacial score (nSPS) is 21.3. The number of amides is 1. The maximum absolute atomic E-state index is 12.6. The van der Waals surface area contributed by atoms with E-state index >= 15 is 0 Å². The second-order valence-electron chi connectivity index (χ2n) is 7.86. The zero-order valence-electron chi connectivity index (χ0n) is 16.5. The van der Waals surface area contributed by atoms with Crippen LogP contribution in [0.15, 0.2) is 28.7 Å². The van der Waals surface area contributed by atoms with Crippen LogP contribution in [0.1, 0.15) is 37.3 Å². The van der Waals surface area contributed by atoms with Gasteiger partial charge in [0.15, 0.2) is 0 Å². The van der Waals surface area contributed by atoms with E-state index in [1.165, 1.54) is 5.56 Å². The summed E-state index contributed by atoms with van der Waals surface area (Å²) in [5, 5.41) is 0. The van der Waals surface area contributed by atoms with Crippen molar-refractivity contribution in [3.63, 3.8) is 0 Å². The van der Waals surface area contributed by atoms with Crippen molar-refractivity contribution in [3.05, 3.63) is 41.3 Å². The molecule has 1 saturated heterocycles. The number of hydrogen-bond acceptors (Lipinski definition) is 4. The van der Waals surface area contributed by atoms with E-state index < -0.39 is 10.8 Å². The largest absolute Gasteiger partial charge is 0.441 e. The number of oxazole rings is 1. The molecule has 5 nitrogen and oxygen atoms in total. The molecule has 2 heterocycles. The Hall–Kier alpha value is -1.95. The summed E-state index contributed by atoms with van der Waals surface area (Å²) in [6.45, 7) is 9.71. The van der Waals surface area contributed by atoms with Crippen LogP contribution < -0.4 is 0 Å². The van der Waals surface area contributed by atoms with Crippen molar-refractivity contribution in [3.8, 4) is 11.5 Å². The molecule has 3 atom stereocenters. The molecule has 1 fully saturated rings. The summed E-state index contributed by atoms with van der Waals surface area (Å²) in [5.74, 6) is 2.46. The van der Waals surface area contributed by atoms with Crippen LogP contribution in [0.2, 0.25) is 0 Å². The van der Waals surface area contributed by atoms with E-state index in [0.29, 0.717) is 29.2 Å². The Labute approximate surface area is 163 Å². The van der Waals surface area contributed by atoms with E-state index in [2.05, 4.69) is 18.8 Å². The van der Waals surface area contributed by atoms with Crippen molar-refractivity contribution in [2.75, 3.05) is 18.8 Å². The van der Waals surface area contributed by atoms with E-state index in [0.717, 1.165) is 25.1 Å². The number of aromatic nitrogens is 1. The predicted molar refractivity (Wildman–Crippen MR) is 108 cm³/mol. The molecule has 1 amide bonds. The minimum atomic E-state index is -1.30. The number of hydrogen-bond donors (Lipinski definition) is 0. The van der Waals surface area contributed by atoms with Crippen molar-refractivity contribution < 1.29 is 13.4 Å². The molecular weight excluding hydrogens is 360 g/mol. The molecule has 0 bridgehead atoms. The van der Waals surface area contributed by atoms with Crippen LogP contribution in [-0.2, 0) is 21.3 Å². The molecular formula is C21H28N2O3S. The van der Waals surface area contributed by atoms with Crippen molar-refractivity contribution in [1.82, 2.24) is 9.88 Å². The van der Waals surface area contributed by atoms with Crippen LogP contribution in [0.3, 0.4) is 0 Å². The highest BCUT2D eigenvalue weighted by Gasteiger charge is 2.26. The summed E-state index contributed by atoms with van der Waals surface area (Å²) in [6, 6.07) is 7.94. The lowest BCUT2D eigenvalue weighted by Crippen LogP contribution is -2.44. The number of carbonyl (C=O) groups excluding carboxylic acids is 1. The lowest BCUT2D eigenvalue weighted by Gasteiger charge is -2.34. The maximum atomic E-state index is 12.6. The van der Waals surface area contributed by atoms with Gasteiger partial charge in [-0.2, -0.15) is 0 Å². The minimum absolute atomic E-state index is 0.0216. The lowest BCUT2D eigenvalue weighted by atomic mass is 9.92. The van der Waals surface area contributed by atoms with Crippen molar-refractivity contribution >= 4 is 16.7 Å². The molecule has 0 N–H and O–H groups in total. The smallest absolute Gasteiger partial charge is 0.235 e. The van der Waals surface area contributed by atoms with Gasteiger partial charge in [0.1, 0.15) is 11.5 Å². The SMILES string of the molecule is Cc1ccc(-c2nc(C[S@](=O)CC(=O)N3C[C@H](C)C[C@H](C)C3)c(C)o2)cc1. The summed E-state index contributed by atoms with van der Waals surface area (Å²) in [7, 11) is -1.30. The van der Waals surface area contributed by atoms with Gasteiger partial charge in [-0.25, -0.2) is 4.98 Å². The van der Waals surface area contributed by atoms with Crippen LogP contribution in [0.25, 0.3) is 11.5 Å². The van der Waals surface area contributed by atoms with Crippen molar-refractivity contribution in [2.45, 2.75) is 39.9 Å². The molecule has 1 aromatic carbocycles. The van der Waals surface area contributed by atoms with Gasteiger partial charge in [0.05, 0.1) is 11.4 Å². The van der Waals surface area contributed by atoms with Gasteiger partial charge >= 0.3 is 0 Å². The van der Waals surface area contributed by atoms with Gasteiger partial charge in [0.2, 0.25) is 11.8 Å². The first-order chi connectivity index (χ1) is 12.8. The van der Waals surface area contributed by atoms with E-state index in [9.17, 15) is 9.00 Å². The van der Waals surface area contributed by atoms with E-state index in [1.807, 2.05) is 43.0 Å². The molecule has 0 spiro atoms. The summed E-state index contributed by atoms with van der Waals surface area (Å²) < 4.78 is 18.3. The minimum Gasteiger partial charge on any atom is -0.441 e. The third kappa shape index (κ3) is 5.06. The molecule has 1 aliphatic rings. The Morgan fingerprint density at radius 2 is 1.81 bits per heavy atom. The average molecular weight is 389 g/mol. The zero-order valence-corrected chi connectivity index (χ0v) is 17.3. The van der Waals surface area contributed by atoms with Gasteiger partial charge < -0.3 is 9.32 Å². The Morgan fingerprint density at radius 1 is 1.19 bits per heavy atom. The Bertz CT molecular complexity index is 818. The fourth-order valence-electron chi connectivity index (χ4n) is 3.68. The molecule has 0 aliphatic carbocycles. The van der Waals surface area contributed by atoms with Gasteiger partial charge in [-0.1, -0.05) is 31.5 Å². The first-order valence-electron chi connectivity index (χ1n) is 9.48.